The van der Waals surface area contributed by atoms with Crippen LogP contribution in [0.25, 0.3) is 22.3 Å². The maximum absolute atomic E-state index is 15.1. The third kappa shape index (κ3) is 4.43. The summed E-state index contributed by atoms with van der Waals surface area (Å²) in [6.07, 6.45) is -0.0486. The van der Waals surface area contributed by atoms with Crippen LogP contribution in [0.5, 0.6) is 0 Å². The molecule has 4 aromatic rings. The number of likely N-dealkylation sites (tertiary alicyclic amines) is 1. The van der Waals surface area contributed by atoms with Gasteiger partial charge in [0.05, 0.1) is 24.3 Å². The Labute approximate surface area is 205 Å². The van der Waals surface area contributed by atoms with Gasteiger partial charge >= 0.3 is 0 Å². The van der Waals surface area contributed by atoms with Crippen molar-refractivity contribution in [3.8, 4) is 11.4 Å². The number of nitrogens with one attached hydrogen (secondary N) is 1. The van der Waals surface area contributed by atoms with Gasteiger partial charge in [-0.2, -0.15) is 10.1 Å². The van der Waals surface area contributed by atoms with Gasteiger partial charge in [-0.25, -0.2) is 8.78 Å². The van der Waals surface area contributed by atoms with E-state index in [0.29, 0.717) is 11.1 Å². The van der Waals surface area contributed by atoms with E-state index in [1.807, 2.05) is 26.1 Å². The number of rotatable bonds is 5. The fraction of sp³-hybridized carbons (Fsp3) is 0.320. The topological polar surface area (TPSA) is 106 Å². The van der Waals surface area contributed by atoms with E-state index < -0.39 is 30.2 Å². The monoisotopic (exact) mass is 494 g/mol. The van der Waals surface area contributed by atoms with Crippen molar-refractivity contribution in [3.63, 3.8) is 0 Å². The Morgan fingerprint density at radius 3 is 2.72 bits per heavy atom. The van der Waals surface area contributed by atoms with Gasteiger partial charge in [0.15, 0.2) is 0 Å². The molecule has 1 fully saturated rings. The molecule has 2 amide bonds. The van der Waals surface area contributed by atoms with Crippen molar-refractivity contribution < 1.29 is 22.9 Å². The van der Waals surface area contributed by atoms with Gasteiger partial charge in [-0.1, -0.05) is 35.5 Å². The number of amides is 2. The Morgan fingerprint density at radius 1 is 1.19 bits per heavy atom. The molecule has 0 bridgehead atoms. The third-order valence-electron chi connectivity index (χ3n) is 6.42. The molecule has 186 valence electrons. The molecule has 0 radical (unpaired) electrons. The number of carbonyl (C=O) groups excluding carboxylic acids is 2. The van der Waals surface area contributed by atoms with E-state index in [1.54, 1.807) is 41.1 Å². The van der Waals surface area contributed by atoms with Crippen LogP contribution < -0.4 is 5.32 Å². The van der Waals surface area contributed by atoms with Crippen molar-refractivity contribution in [2.45, 2.75) is 25.2 Å². The first kappa shape index (κ1) is 23.6. The molecule has 36 heavy (non-hydrogen) atoms. The molecule has 0 aliphatic carbocycles. The van der Waals surface area contributed by atoms with Crippen LogP contribution in [-0.2, 0) is 11.8 Å². The fourth-order valence-corrected chi connectivity index (χ4v) is 4.49. The van der Waals surface area contributed by atoms with E-state index in [-0.39, 0.29) is 31.2 Å². The Morgan fingerprint density at radius 2 is 1.97 bits per heavy atom. The normalized spacial score (nSPS) is 17.3. The van der Waals surface area contributed by atoms with Gasteiger partial charge in [0.2, 0.25) is 17.6 Å². The average molecular weight is 495 g/mol. The summed E-state index contributed by atoms with van der Waals surface area (Å²) in [5.41, 5.74) is 2.77. The Hall–Kier alpha value is -4.15. The van der Waals surface area contributed by atoms with Crippen molar-refractivity contribution in [1.29, 1.82) is 0 Å². The molecule has 5 rings (SSSR count). The number of piperidine rings is 1. The minimum Gasteiger partial charge on any atom is -0.343 e. The quantitative estimate of drug-likeness (QED) is 0.456. The predicted molar refractivity (Wildman–Crippen MR) is 126 cm³/mol. The summed E-state index contributed by atoms with van der Waals surface area (Å²) in [5.74, 6) is -5.56. The maximum Gasteiger partial charge on any atom is 0.276 e. The van der Waals surface area contributed by atoms with E-state index >= 15 is 8.78 Å². The Balaban J connectivity index is 1.25. The minimum atomic E-state index is -3.27. The smallest absolute Gasteiger partial charge is 0.276 e. The molecule has 1 aliphatic rings. The van der Waals surface area contributed by atoms with Crippen LogP contribution in [0.1, 0.15) is 34.3 Å². The number of aryl methyl sites for hydroxylation is 2. The highest BCUT2D eigenvalue weighted by atomic mass is 19.3. The first-order valence-electron chi connectivity index (χ1n) is 11.5. The summed E-state index contributed by atoms with van der Waals surface area (Å²) in [7, 11) is 1.82. The number of carbonyl (C=O) groups is 2. The molecule has 2 aromatic heterocycles. The Kier molecular flexibility index (Phi) is 5.99. The lowest BCUT2D eigenvalue weighted by Crippen LogP contribution is -2.52. The zero-order chi connectivity index (χ0) is 25.4. The highest BCUT2D eigenvalue weighted by Crippen LogP contribution is 2.40. The lowest BCUT2D eigenvalue weighted by molar-refractivity contribution is -0.144. The highest BCUT2D eigenvalue weighted by Gasteiger charge is 2.49. The van der Waals surface area contributed by atoms with Crippen LogP contribution in [0.2, 0.25) is 0 Å². The number of halogens is 2. The summed E-state index contributed by atoms with van der Waals surface area (Å²) < 4.78 is 37.1. The molecule has 1 saturated heterocycles. The molecule has 0 spiro atoms. The van der Waals surface area contributed by atoms with Gasteiger partial charge in [-0.3, -0.25) is 14.3 Å². The molecule has 2 aromatic carbocycles. The predicted octanol–water partition coefficient (Wildman–Crippen LogP) is 3.31. The lowest BCUT2D eigenvalue weighted by atomic mass is 9.92. The van der Waals surface area contributed by atoms with Crippen LogP contribution in [0, 0.1) is 6.92 Å². The van der Waals surface area contributed by atoms with Crippen molar-refractivity contribution >= 4 is 22.7 Å². The molecule has 9 nitrogen and oxygen atoms in total. The standard InChI is InChI=1S/C25H24F2N6O3/c1-15-18-9-8-17(12-20(18)32(2)30-15)22-29-24(36-31-22)19-10-11-33(14-25(19,26)27)21(34)13-28-23(35)16-6-4-3-5-7-16/h3-9,12,19H,10-11,13-14H2,1-2H3,(H,28,35)/t19-/m0/s1. The van der Waals surface area contributed by atoms with Crippen molar-refractivity contribution in [2.24, 2.45) is 7.05 Å². The Bertz CT molecular complexity index is 1430. The summed E-state index contributed by atoms with van der Waals surface area (Å²) in [6.45, 7) is 0.827. The second-order valence-electron chi connectivity index (χ2n) is 8.86. The summed E-state index contributed by atoms with van der Waals surface area (Å²) in [5, 5.41) is 11.8. The average Bonchev–Trinajstić information content (AvgIpc) is 3.46. The number of benzene rings is 2. The van der Waals surface area contributed by atoms with Crippen LogP contribution in [0.15, 0.2) is 53.1 Å². The van der Waals surface area contributed by atoms with Crippen LogP contribution in [0.3, 0.4) is 0 Å². The maximum atomic E-state index is 15.1. The summed E-state index contributed by atoms with van der Waals surface area (Å²) >= 11 is 0. The van der Waals surface area contributed by atoms with Crippen LogP contribution in [-0.4, -0.2) is 62.2 Å². The van der Waals surface area contributed by atoms with E-state index in [2.05, 4.69) is 20.6 Å². The van der Waals surface area contributed by atoms with Gasteiger partial charge in [-0.15, -0.1) is 0 Å². The first-order valence-corrected chi connectivity index (χ1v) is 11.5. The van der Waals surface area contributed by atoms with Gasteiger partial charge < -0.3 is 14.7 Å². The molecular formula is C25H24F2N6O3. The number of hydrogen-bond donors (Lipinski definition) is 1. The highest BCUT2D eigenvalue weighted by molar-refractivity contribution is 5.96. The number of aromatic nitrogens is 4. The molecule has 1 N–H and O–H groups in total. The zero-order valence-electron chi connectivity index (χ0n) is 19.7. The molecule has 0 saturated carbocycles. The second-order valence-corrected chi connectivity index (χ2v) is 8.86. The largest absolute Gasteiger partial charge is 0.343 e. The van der Waals surface area contributed by atoms with Crippen LogP contribution in [0.4, 0.5) is 8.78 Å². The van der Waals surface area contributed by atoms with Crippen molar-refractivity contribution in [1.82, 2.24) is 30.1 Å². The SMILES string of the molecule is Cc1nn(C)c2cc(-c3noc([C@@H]4CCN(C(=O)CNC(=O)c5ccccc5)CC4(F)F)n3)ccc12. The van der Waals surface area contributed by atoms with Gasteiger partial charge in [0, 0.05) is 30.1 Å². The van der Waals surface area contributed by atoms with Gasteiger partial charge in [0.25, 0.3) is 11.8 Å². The second kappa shape index (κ2) is 9.14. The third-order valence-corrected chi connectivity index (χ3v) is 6.42. The summed E-state index contributed by atoms with van der Waals surface area (Å²) in [4.78, 5) is 30.0. The lowest BCUT2D eigenvalue weighted by Gasteiger charge is -2.36. The van der Waals surface area contributed by atoms with Gasteiger partial charge in [0.1, 0.15) is 5.92 Å². The van der Waals surface area contributed by atoms with E-state index in [4.69, 9.17) is 4.52 Å². The molecule has 1 atom stereocenters. The number of nitrogens with zero attached hydrogens (tertiary/aromatic N) is 5. The molecule has 11 heteroatoms. The van der Waals surface area contributed by atoms with Crippen molar-refractivity contribution in [2.75, 3.05) is 19.6 Å². The van der Waals surface area contributed by atoms with E-state index in [1.165, 1.54) is 0 Å². The van der Waals surface area contributed by atoms with Crippen molar-refractivity contribution in [3.05, 3.63) is 65.7 Å². The molecule has 1 aliphatic heterocycles. The minimum absolute atomic E-state index is 0.0486. The van der Waals surface area contributed by atoms with Crippen LogP contribution >= 0.6 is 0 Å². The van der Waals surface area contributed by atoms with E-state index in [9.17, 15) is 9.59 Å². The molecule has 0 unspecified atom stereocenters. The van der Waals surface area contributed by atoms with Gasteiger partial charge in [-0.05, 0) is 31.5 Å². The number of fused-ring (bicyclic) bond motifs is 1. The fourth-order valence-electron chi connectivity index (χ4n) is 4.49. The zero-order valence-corrected chi connectivity index (χ0v) is 19.7. The molecule has 3 heterocycles. The number of alkyl halides is 2. The summed E-state index contributed by atoms with van der Waals surface area (Å²) in [6, 6.07) is 13.9. The molecular weight excluding hydrogens is 470 g/mol. The number of hydrogen-bond acceptors (Lipinski definition) is 6. The first-order chi connectivity index (χ1) is 17.2. The van der Waals surface area contributed by atoms with E-state index in [0.717, 1.165) is 21.5 Å².